The van der Waals surface area contributed by atoms with Crippen molar-refractivity contribution >= 4 is 12.4 Å². The van der Waals surface area contributed by atoms with E-state index < -0.39 is 23.5 Å². The average Bonchev–Trinajstić information content (AvgIpc) is 2.14. The lowest BCUT2D eigenvalue weighted by atomic mass is 10.0. The molecule has 0 fully saturated rings. The molecule has 0 saturated heterocycles. The molecule has 0 saturated carbocycles. The van der Waals surface area contributed by atoms with Gasteiger partial charge in [-0.2, -0.15) is 13.2 Å². The molecule has 1 rings (SSSR count). The fourth-order valence-corrected chi connectivity index (χ4v) is 1.25. The summed E-state index contributed by atoms with van der Waals surface area (Å²) in [6.07, 6.45) is -3.94. The van der Waals surface area contributed by atoms with Crippen molar-refractivity contribution in [2.75, 3.05) is 0 Å². The number of hydrogen-bond acceptors (Lipinski definition) is 2. The number of aromatic hydroxyl groups is 1. The molecule has 3 N–H and O–H groups in total. The van der Waals surface area contributed by atoms with Crippen molar-refractivity contribution in [1.82, 2.24) is 0 Å². The van der Waals surface area contributed by atoms with Gasteiger partial charge >= 0.3 is 6.18 Å². The second-order valence-electron chi connectivity index (χ2n) is 3.33. The van der Waals surface area contributed by atoms with Crippen LogP contribution in [0.5, 0.6) is 5.75 Å². The van der Waals surface area contributed by atoms with Crippen molar-refractivity contribution in [2.24, 2.45) is 5.73 Å². The van der Waals surface area contributed by atoms with Gasteiger partial charge in [-0.15, -0.1) is 12.4 Å². The van der Waals surface area contributed by atoms with Gasteiger partial charge in [0.2, 0.25) is 0 Å². The first-order valence-corrected chi connectivity index (χ1v) is 4.51. The van der Waals surface area contributed by atoms with E-state index >= 15 is 0 Å². The van der Waals surface area contributed by atoms with Crippen molar-refractivity contribution in [3.8, 4) is 5.75 Å². The molecule has 1 aromatic rings. The van der Waals surface area contributed by atoms with E-state index in [4.69, 9.17) is 10.8 Å². The van der Waals surface area contributed by atoms with E-state index in [2.05, 4.69) is 0 Å². The summed E-state index contributed by atoms with van der Waals surface area (Å²) in [5.74, 6) is -0.413. The minimum atomic E-state index is -4.46. The van der Waals surface area contributed by atoms with Gasteiger partial charge < -0.3 is 10.8 Å². The first kappa shape index (κ1) is 15.1. The number of hydrogen-bond donors (Lipinski definition) is 2. The topological polar surface area (TPSA) is 46.2 Å². The predicted molar refractivity (Wildman–Crippen MR) is 57.6 cm³/mol. The molecule has 1 atom stereocenters. The molecular formula is C10H13ClF3NO. The SMILES string of the molecule is CC[C@H](N)c1cc(O)cc(C(F)(F)F)c1.Cl. The smallest absolute Gasteiger partial charge is 0.416 e. The molecule has 0 bridgehead atoms. The van der Waals surface area contributed by atoms with Gasteiger partial charge in [0.1, 0.15) is 5.75 Å². The van der Waals surface area contributed by atoms with E-state index in [-0.39, 0.29) is 12.4 Å². The molecule has 0 unspecified atom stereocenters. The Morgan fingerprint density at radius 2 is 1.88 bits per heavy atom. The lowest BCUT2D eigenvalue weighted by Gasteiger charge is -2.13. The molecule has 0 aromatic heterocycles. The maximum absolute atomic E-state index is 12.4. The first-order valence-electron chi connectivity index (χ1n) is 4.51. The molecular weight excluding hydrogens is 243 g/mol. The summed E-state index contributed by atoms with van der Waals surface area (Å²) >= 11 is 0. The number of benzene rings is 1. The number of alkyl halides is 3. The highest BCUT2D eigenvalue weighted by molar-refractivity contribution is 5.85. The number of phenolic OH excluding ortho intramolecular Hbond substituents is 1. The number of rotatable bonds is 2. The summed E-state index contributed by atoms with van der Waals surface area (Å²) in [5.41, 5.74) is 5.02. The molecule has 92 valence electrons. The van der Waals surface area contributed by atoms with Crippen LogP contribution in [-0.4, -0.2) is 5.11 Å². The normalized spacial score (nSPS) is 13.1. The zero-order valence-electron chi connectivity index (χ0n) is 8.58. The molecule has 0 radical (unpaired) electrons. The third-order valence-electron chi connectivity index (χ3n) is 2.14. The first-order chi connectivity index (χ1) is 6.84. The zero-order valence-corrected chi connectivity index (χ0v) is 9.40. The molecule has 0 aliphatic heterocycles. The van der Waals surface area contributed by atoms with Crippen molar-refractivity contribution in [1.29, 1.82) is 0 Å². The maximum Gasteiger partial charge on any atom is 0.416 e. The maximum atomic E-state index is 12.4. The zero-order chi connectivity index (χ0) is 11.6. The molecule has 0 heterocycles. The van der Waals surface area contributed by atoms with Crippen LogP contribution in [0.15, 0.2) is 18.2 Å². The second kappa shape index (κ2) is 5.41. The van der Waals surface area contributed by atoms with E-state index in [1.165, 1.54) is 6.07 Å². The minimum absolute atomic E-state index is 0. The highest BCUT2D eigenvalue weighted by Gasteiger charge is 2.31. The third kappa shape index (κ3) is 3.57. The third-order valence-corrected chi connectivity index (χ3v) is 2.14. The fraction of sp³-hybridized carbons (Fsp3) is 0.400. The Labute approximate surface area is 97.7 Å². The van der Waals surface area contributed by atoms with Crippen LogP contribution >= 0.6 is 12.4 Å². The number of nitrogens with two attached hydrogens (primary N) is 1. The number of halogens is 4. The van der Waals surface area contributed by atoms with Crippen molar-refractivity contribution < 1.29 is 18.3 Å². The fourth-order valence-electron chi connectivity index (χ4n) is 1.25. The van der Waals surface area contributed by atoms with Gasteiger partial charge in [-0.25, -0.2) is 0 Å². The van der Waals surface area contributed by atoms with Crippen LogP contribution in [0, 0.1) is 0 Å². The van der Waals surface area contributed by atoms with Gasteiger partial charge in [0.25, 0.3) is 0 Å². The molecule has 2 nitrogen and oxygen atoms in total. The molecule has 0 amide bonds. The highest BCUT2D eigenvalue weighted by atomic mass is 35.5. The lowest BCUT2D eigenvalue weighted by Crippen LogP contribution is -2.11. The van der Waals surface area contributed by atoms with Gasteiger partial charge in [-0.3, -0.25) is 0 Å². The summed E-state index contributed by atoms with van der Waals surface area (Å²) in [7, 11) is 0. The van der Waals surface area contributed by atoms with Gasteiger partial charge in [0.15, 0.2) is 0 Å². The van der Waals surface area contributed by atoms with Crippen molar-refractivity contribution in [3.63, 3.8) is 0 Å². The van der Waals surface area contributed by atoms with Crippen molar-refractivity contribution in [3.05, 3.63) is 29.3 Å². The molecule has 0 aliphatic carbocycles. The predicted octanol–water partition coefficient (Wildman–Crippen LogP) is 3.24. The molecule has 16 heavy (non-hydrogen) atoms. The monoisotopic (exact) mass is 255 g/mol. The van der Waals surface area contributed by atoms with Crippen LogP contribution in [-0.2, 0) is 6.18 Å². The average molecular weight is 256 g/mol. The molecule has 0 spiro atoms. The van der Waals surface area contributed by atoms with E-state index in [9.17, 15) is 13.2 Å². The van der Waals surface area contributed by atoms with Crippen molar-refractivity contribution in [2.45, 2.75) is 25.6 Å². The van der Waals surface area contributed by atoms with Gasteiger partial charge in [-0.1, -0.05) is 6.92 Å². The summed E-state index contributed by atoms with van der Waals surface area (Å²) in [5, 5.41) is 9.15. The van der Waals surface area contributed by atoms with Crippen LogP contribution < -0.4 is 5.73 Å². The lowest BCUT2D eigenvalue weighted by molar-refractivity contribution is -0.137. The van der Waals surface area contributed by atoms with Crippen LogP contribution in [0.2, 0.25) is 0 Å². The molecule has 1 aromatic carbocycles. The van der Waals surface area contributed by atoms with E-state index in [1.54, 1.807) is 6.92 Å². The van der Waals surface area contributed by atoms with Crippen LogP contribution in [0.1, 0.15) is 30.5 Å². The van der Waals surface area contributed by atoms with Crippen LogP contribution in [0.3, 0.4) is 0 Å². The summed E-state index contributed by atoms with van der Waals surface area (Å²) in [6.45, 7) is 1.77. The Morgan fingerprint density at radius 3 is 2.31 bits per heavy atom. The minimum Gasteiger partial charge on any atom is -0.508 e. The Kier molecular flexibility index (Phi) is 5.09. The Hall–Kier alpha value is -0.940. The largest absolute Gasteiger partial charge is 0.508 e. The van der Waals surface area contributed by atoms with Gasteiger partial charge in [0.05, 0.1) is 5.56 Å². The summed E-state index contributed by atoms with van der Waals surface area (Å²) in [6, 6.07) is 2.42. The van der Waals surface area contributed by atoms with Gasteiger partial charge in [0, 0.05) is 6.04 Å². The second-order valence-corrected chi connectivity index (χ2v) is 3.33. The Bertz CT molecular complexity index is 354. The van der Waals surface area contributed by atoms with E-state index in [0.29, 0.717) is 18.1 Å². The summed E-state index contributed by atoms with van der Waals surface area (Å²) in [4.78, 5) is 0. The summed E-state index contributed by atoms with van der Waals surface area (Å²) < 4.78 is 37.1. The van der Waals surface area contributed by atoms with E-state index in [0.717, 1.165) is 6.07 Å². The van der Waals surface area contributed by atoms with E-state index in [1.807, 2.05) is 0 Å². The Balaban J connectivity index is 0.00000225. The Morgan fingerprint density at radius 1 is 1.31 bits per heavy atom. The molecule has 6 heteroatoms. The highest BCUT2D eigenvalue weighted by Crippen LogP contribution is 2.33. The van der Waals surface area contributed by atoms with Crippen LogP contribution in [0.25, 0.3) is 0 Å². The number of phenols is 1. The standard InChI is InChI=1S/C10H12F3NO.ClH/c1-2-9(14)6-3-7(10(11,12)13)5-8(15)4-6;/h3-5,9,15H,2,14H2,1H3;1H/t9-;/m0./s1. The van der Waals surface area contributed by atoms with Gasteiger partial charge in [-0.05, 0) is 30.2 Å². The van der Waals surface area contributed by atoms with Crippen LogP contribution in [0.4, 0.5) is 13.2 Å². The quantitative estimate of drug-likeness (QED) is 0.852. The molecule has 0 aliphatic rings.